The van der Waals surface area contributed by atoms with Crippen molar-refractivity contribution < 1.29 is 9.59 Å². The van der Waals surface area contributed by atoms with Gasteiger partial charge < -0.3 is 4.90 Å². The van der Waals surface area contributed by atoms with Gasteiger partial charge in [0, 0.05) is 45.6 Å². The summed E-state index contributed by atoms with van der Waals surface area (Å²) < 4.78 is 0. The molecule has 0 radical (unpaired) electrons. The van der Waals surface area contributed by atoms with Gasteiger partial charge in [-0.1, -0.05) is 0 Å². The van der Waals surface area contributed by atoms with Gasteiger partial charge in [-0.25, -0.2) is 5.84 Å². The van der Waals surface area contributed by atoms with Crippen LogP contribution in [-0.4, -0.2) is 53.8 Å². The lowest BCUT2D eigenvalue weighted by atomic mass is 10.1. The highest BCUT2D eigenvalue weighted by molar-refractivity contribution is 5.75. The van der Waals surface area contributed by atoms with Gasteiger partial charge >= 0.3 is 0 Å². The van der Waals surface area contributed by atoms with Crippen molar-refractivity contribution in [3.05, 3.63) is 0 Å². The molecule has 1 saturated heterocycles. The van der Waals surface area contributed by atoms with Gasteiger partial charge in [0.1, 0.15) is 0 Å². The predicted octanol–water partition coefficient (Wildman–Crippen LogP) is -0.301. The third-order valence-corrected chi connectivity index (χ3v) is 3.55. The van der Waals surface area contributed by atoms with Crippen LogP contribution in [0.2, 0.25) is 0 Å². The Kier molecular flexibility index (Phi) is 6.07. The van der Waals surface area contributed by atoms with Crippen molar-refractivity contribution in [2.24, 2.45) is 5.84 Å². The number of carbonyl (C=O) groups is 2. The van der Waals surface area contributed by atoms with Crippen molar-refractivity contribution in [3.8, 4) is 0 Å². The minimum absolute atomic E-state index is 0.123. The number of nitrogens with zero attached hydrogens (tertiary/aromatic N) is 2. The largest absolute Gasteiger partial charge is 0.342 e. The van der Waals surface area contributed by atoms with Crippen LogP contribution >= 0.6 is 0 Å². The molecule has 0 aromatic heterocycles. The Hall–Kier alpha value is -1.14. The van der Waals surface area contributed by atoms with Crippen LogP contribution in [0, 0.1) is 0 Å². The van der Waals surface area contributed by atoms with E-state index < -0.39 is 0 Å². The number of hydrogen-bond acceptors (Lipinski definition) is 4. The second-order valence-corrected chi connectivity index (χ2v) is 4.85. The van der Waals surface area contributed by atoms with E-state index in [2.05, 4.69) is 17.2 Å². The molecule has 1 unspecified atom stereocenters. The second kappa shape index (κ2) is 7.33. The molecule has 104 valence electrons. The third-order valence-electron chi connectivity index (χ3n) is 3.55. The van der Waals surface area contributed by atoms with Gasteiger partial charge in [0.05, 0.1) is 0 Å². The number of nitrogens with one attached hydrogen (secondary N) is 1. The first-order chi connectivity index (χ1) is 8.54. The average Bonchev–Trinajstić information content (AvgIpc) is 2.61. The highest BCUT2D eigenvalue weighted by Gasteiger charge is 2.20. The van der Waals surface area contributed by atoms with E-state index in [9.17, 15) is 9.59 Å². The summed E-state index contributed by atoms with van der Waals surface area (Å²) in [5.74, 6) is 5.08. The summed E-state index contributed by atoms with van der Waals surface area (Å²) in [6.45, 7) is 7.21. The van der Waals surface area contributed by atoms with Crippen molar-refractivity contribution in [1.29, 1.82) is 0 Å². The van der Waals surface area contributed by atoms with E-state index in [1.165, 1.54) is 0 Å². The summed E-state index contributed by atoms with van der Waals surface area (Å²) in [5, 5.41) is 0. The lowest BCUT2D eigenvalue weighted by Gasteiger charge is -2.27. The van der Waals surface area contributed by atoms with Crippen molar-refractivity contribution >= 4 is 11.8 Å². The molecule has 1 aliphatic heterocycles. The van der Waals surface area contributed by atoms with E-state index in [4.69, 9.17) is 5.84 Å². The number of carbonyl (C=O) groups excluding carboxylic acids is 2. The summed E-state index contributed by atoms with van der Waals surface area (Å²) in [5.41, 5.74) is 2.15. The number of hydrogen-bond donors (Lipinski definition) is 2. The van der Waals surface area contributed by atoms with E-state index in [0.29, 0.717) is 12.5 Å². The molecule has 1 heterocycles. The summed E-state index contributed by atoms with van der Waals surface area (Å²) in [4.78, 5) is 26.7. The Labute approximate surface area is 108 Å². The molecule has 0 aliphatic carbocycles. The van der Waals surface area contributed by atoms with Crippen LogP contribution in [0.3, 0.4) is 0 Å². The highest BCUT2D eigenvalue weighted by Crippen LogP contribution is 2.11. The molecule has 2 amide bonds. The number of hydrazine groups is 1. The van der Waals surface area contributed by atoms with Gasteiger partial charge in [0.2, 0.25) is 11.8 Å². The van der Waals surface area contributed by atoms with Crippen LogP contribution < -0.4 is 11.3 Å². The van der Waals surface area contributed by atoms with Crippen molar-refractivity contribution in [3.63, 3.8) is 0 Å². The average molecular weight is 256 g/mol. The fraction of sp³-hybridized carbons (Fsp3) is 0.833. The molecule has 6 nitrogen and oxygen atoms in total. The first-order valence-corrected chi connectivity index (χ1v) is 6.53. The molecule has 0 saturated carbocycles. The van der Waals surface area contributed by atoms with Gasteiger partial charge in [-0.2, -0.15) is 0 Å². The topological polar surface area (TPSA) is 78.7 Å². The minimum Gasteiger partial charge on any atom is -0.342 e. The van der Waals surface area contributed by atoms with Crippen LogP contribution in [0.25, 0.3) is 0 Å². The van der Waals surface area contributed by atoms with E-state index in [-0.39, 0.29) is 11.8 Å². The molecular weight excluding hydrogens is 232 g/mol. The van der Waals surface area contributed by atoms with Crippen LogP contribution in [0.5, 0.6) is 0 Å². The monoisotopic (exact) mass is 256 g/mol. The zero-order chi connectivity index (χ0) is 13.5. The van der Waals surface area contributed by atoms with E-state index >= 15 is 0 Å². The SMILES string of the molecule is CC(=O)N1CCCN(C(C)CCC(=O)NN)CC1. The smallest absolute Gasteiger partial charge is 0.233 e. The summed E-state index contributed by atoms with van der Waals surface area (Å²) in [6, 6.07) is 0.342. The Morgan fingerprint density at radius 3 is 2.61 bits per heavy atom. The van der Waals surface area contributed by atoms with E-state index in [1.54, 1.807) is 6.92 Å². The van der Waals surface area contributed by atoms with E-state index in [0.717, 1.165) is 39.0 Å². The molecule has 1 aliphatic rings. The number of rotatable bonds is 4. The molecule has 1 rings (SSSR count). The van der Waals surface area contributed by atoms with Crippen molar-refractivity contribution in [1.82, 2.24) is 15.2 Å². The number of amides is 2. The van der Waals surface area contributed by atoms with Gasteiger partial charge in [0.15, 0.2) is 0 Å². The van der Waals surface area contributed by atoms with E-state index in [1.807, 2.05) is 4.90 Å². The first kappa shape index (κ1) is 14.9. The fourth-order valence-corrected chi connectivity index (χ4v) is 2.29. The zero-order valence-corrected chi connectivity index (χ0v) is 11.3. The van der Waals surface area contributed by atoms with Gasteiger partial charge in [-0.05, 0) is 19.8 Å². The molecule has 0 bridgehead atoms. The van der Waals surface area contributed by atoms with Crippen molar-refractivity contribution in [2.45, 2.75) is 39.2 Å². The summed E-state index contributed by atoms with van der Waals surface area (Å²) in [7, 11) is 0. The molecule has 0 aromatic carbocycles. The number of nitrogens with two attached hydrogens (primary N) is 1. The van der Waals surface area contributed by atoms with Crippen LogP contribution in [0.15, 0.2) is 0 Å². The molecule has 0 spiro atoms. The summed E-state index contributed by atoms with van der Waals surface area (Å²) >= 11 is 0. The Morgan fingerprint density at radius 1 is 1.28 bits per heavy atom. The molecule has 18 heavy (non-hydrogen) atoms. The summed E-state index contributed by atoms with van der Waals surface area (Å²) in [6.07, 6.45) is 2.24. The molecule has 1 atom stereocenters. The van der Waals surface area contributed by atoms with Crippen molar-refractivity contribution in [2.75, 3.05) is 26.2 Å². The lowest BCUT2D eigenvalue weighted by molar-refractivity contribution is -0.128. The second-order valence-electron chi connectivity index (χ2n) is 4.85. The predicted molar refractivity (Wildman–Crippen MR) is 69.5 cm³/mol. The quantitative estimate of drug-likeness (QED) is 0.411. The van der Waals surface area contributed by atoms with Gasteiger partial charge in [-0.3, -0.25) is 19.9 Å². The Bertz CT molecular complexity index is 296. The maximum absolute atomic E-state index is 11.3. The Balaban J connectivity index is 2.37. The maximum atomic E-state index is 11.3. The molecule has 0 aromatic rings. The fourth-order valence-electron chi connectivity index (χ4n) is 2.29. The first-order valence-electron chi connectivity index (χ1n) is 6.53. The molecule has 1 fully saturated rings. The highest BCUT2D eigenvalue weighted by atomic mass is 16.2. The maximum Gasteiger partial charge on any atom is 0.233 e. The van der Waals surface area contributed by atoms with Crippen LogP contribution in [0.1, 0.15) is 33.1 Å². The molecule has 6 heteroatoms. The van der Waals surface area contributed by atoms with Gasteiger partial charge in [-0.15, -0.1) is 0 Å². The van der Waals surface area contributed by atoms with Crippen LogP contribution in [0.4, 0.5) is 0 Å². The molecular formula is C12H24N4O2. The standard InChI is InChI=1S/C12H24N4O2/c1-10(4-5-12(18)14-13)15-6-3-7-16(9-8-15)11(2)17/h10H,3-9,13H2,1-2H3,(H,14,18). The Morgan fingerprint density at radius 2 is 2.00 bits per heavy atom. The van der Waals surface area contributed by atoms with Gasteiger partial charge in [0.25, 0.3) is 0 Å². The zero-order valence-electron chi connectivity index (χ0n) is 11.3. The molecule has 3 N–H and O–H groups in total. The minimum atomic E-state index is -0.123. The third kappa shape index (κ3) is 4.62. The lowest BCUT2D eigenvalue weighted by Crippen LogP contribution is -2.39. The normalized spacial score (nSPS) is 19.2. The van der Waals surface area contributed by atoms with Crippen LogP contribution in [-0.2, 0) is 9.59 Å².